The Hall–Kier alpha value is -1.94. The van der Waals surface area contributed by atoms with Gasteiger partial charge in [0.2, 0.25) is 5.91 Å². The zero-order valence-corrected chi connectivity index (χ0v) is 11.6. The highest BCUT2D eigenvalue weighted by Gasteiger charge is 2.00. The monoisotopic (exact) mass is 272 g/mol. The number of nitrogens with one attached hydrogen (secondary N) is 2. The van der Waals surface area contributed by atoms with Crippen molar-refractivity contribution in [2.45, 2.75) is 6.92 Å². The standard InChI is InChI=1S/C15H16N2OS/c1-11-4-2-3-5-14(11)16-12-6-8-13(9-7-12)17-15(18)10-19/h2-9,16,19H,10H2,1H3,(H,17,18). The summed E-state index contributed by atoms with van der Waals surface area (Å²) < 4.78 is 0. The molecule has 0 fully saturated rings. The summed E-state index contributed by atoms with van der Waals surface area (Å²) in [7, 11) is 0. The van der Waals surface area contributed by atoms with E-state index in [0.29, 0.717) is 0 Å². The lowest BCUT2D eigenvalue weighted by Gasteiger charge is -2.10. The van der Waals surface area contributed by atoms with E-state index in [2.05, 4.69) is 36.3 Å². The fourth-order valence-electron chi connectivity index (χ4n) is 1.71. The van der Waals surface area contributed by atoms with Crippen molar-refractivity contribution >= 4 is 35.6 Å². The molecule has 0 aliphatic rings. The van der Waals surface area contributed by atoms with Gasteiger partial charge in [-0.05, 0) is 42.8 Å². The fraction of sp³-hybridized carbons (Fsp3) is 0.133. The van der Waals surface area contributed by atoms with Crippen LogP contribution in [-0.2, 0) is 4.79 Å². The van der Waals surface area contributed by atoms with Crippen LogP contribution in [-0.4, -0.2) is 11.7 Å². The molecule has 2 aromatic rings. The van der Waals surface area contributed by atoms with Crippen LogP contribution in [0.15, 0.2) is 48.5 Å². The van der Waals surface area contributed by atoms with E-state index in [1.54, 1.807) is 0 Å². The Bertz CT molecular complexity index is 567. The first-order valence-electron chi connectivity index (χ1n) is 6.02. The van der Waals surface area contributed by atoms with Gasteiger partial charge >= 0.3 is 0 Å². The molecule has 0 unspecified atom stereocenters. The van der Waals surface area contributed by atoms with Crippen LogP contribution in [0.2, 0.25) is 0 Å². The number of aryl methyl sites for hydroxylation is 1. The van der Waals surface area contributed by atoms with Gasteiger partial charge in [-0.3, -0.25) is 4.79 Å². The molecule has 4 heteroatoms. The van der Waals surface area contributed by atoms with Crippen molar-refractivity contribution in [3.05, 3.63) is 54.1 Å². The Morgan fingerprint density at radius 3 is 2.32 bits per heavy atom. The molecule has 0 saturated heterocycles. The van der Waals surface area contributed by atoms with Crippen LogP contribution in [0.4, 0.5) is 17.1 Å². The molecule has 0 aliphatic heterocycles. The second-order valence-corrected chi connectivity index (χ2v) is 4.54. The zero-order valence-electron chi connectivity index (χ0n) is 10.7. The van der Waals surface area contributed by atoms with Crippen molar-refractivity contribution in [1.29, 1.82) is 0 Å². The minimum absolute atomic E-state index is 0.108. The van der Waals surface area contributed by atoms with Gasteiger partial charge in [0.25, 0.3) is 0 Å². The number of hydrogen-bond acceptors (Lipinski definition) is 3. The molecule has 2 rings (SSSR count). The molecule has 19 heavy (non-hydrogen) atoms. The molecular formula is C15H16N2OS. The highest BCUT2D eigenvalue weighted by atomic mass is 32.1. The van der Waals surface area contributed by atoms with Crippen molar-refractivity contribution < 1.29 is 4.79 Å². The predicted octanol–water partition coefficient (Wildman–Crippen LogP) is 3.61. The van der Waals surface area contributed by atoms with Gasteiger partial charge in [-0.2, -0.15) is 12.6 Å². The SMILES string of the molecule is Cc1ccccc1Nc1ccc(NC(=O)CS)cc1. The van der Waals surface area contributed by atoms with Gasteiger partial charge in [0, 0.05) is 17.1 Å². The maximum atomic E-state index is 11.2. The third-order valence-corrected chi connectivity index (χ3v) is 3.02. The third kappa shape index (κ3) is 3.76. The average Bonchev–Trinajstić information content (AvgIpc) is 2.43. The van der Waals surface area contributed by atoms with Gasteiger partial charge < -0.3 is 10.6 Å². The maximum absolute atomic E-state index is 11.2. The van der Waals surface area contributed by atoms with Crippen LogP contribution in [0.5, 0.6) is 0 Å². The lowest BCUT2D eigenvalue weighted by atomic mass is 10.2. The number of carbonyl (C=O) groups is 1. The molecule has 2 N–H and O–H groups in total. The molecular weight excluding hydrogens is 256 g/mol. The van der Waals surface area contributed by atoms with E-state index in [0.717, 1.165) is 17.1 Å². The van der Waals surface area contributed by atoms with Gasteiger partial charge in [0.05, 0.1) is 5.75 Å². The van der Waals surface area contributed by atoms with E-state index in [-0.39, 0.29) is 11.7 Å². The molecule has 0 bridgehead atoms. The number of hydrogen-bond donors (Lipinski definition) is 3. The van der Waals surface area contributed by atoms with E-state index < -0.39 is 0 Å². The van der Waals surface area contributed by atoms with E-state index in [9.17, 15) is 4.79 Å². The topological polar surface area (TPSA) is 41.1 Å². The Morgan fingerprint density at radius 2 is 1.68 bits per heavy atom. The molecule has 0 aromatic heterocycles. The normalized spacial score (nSPS) is 10.0. The summed E-state index contributed by atoms with van der Waals surface area (Å²) in [4.78, 5) is 11.2. The summed E-state index contributed by atoms with van der Waals surface area (Å²) in [5.74, 6) is 0.0754. The molecule has 1 amide bonds. The van der Waals surface area contributed by atoms with Gasteiger partial charge in [-0.1, -0.05) is 18.2 Å². The van der Waals surface area contributed by atoms with Crippen LogP contribution in [0, 0.1) is 6.92 Å². The van der Waals surface area contributed by atoms with Crippen LogP contribution >= 0.6 is 12.6 Å². The van der Waals surface area contributed by atoms with E-state index in [1.165, 1.54) is 5.56 Å². The van der Waals surface area contributed by atoms with Crippen LogP contribution in [0.1, 0.15) is 5.56 Å². The number of thiol groups is 1. The molecule has 98 valence electrons. The van der Waals surface area contributed by atoms with Crippen molar-refractivity contribution in [1.82, 2.24) is 0 Å². The van der Waals surface area contributed by atoms with Gasteiger partial charge in [0.1, 0.15) is 0 Å². The number of rotatable bonds is 4. The smallest absolute Gasteiger partial charge is 0.234 e. The first kappa shape index (κ1) is 13.5. The number of anilines is 3. The lowest BCUT2D eigenvalue weighted by molar-refractivity contribution is -0.113. The Morgan fingerprint density at radius 1 is 1.05 bits per heavy atom. The summed E-state index contributed by atoms with van der Waals surface area (Å²) in [6, 6.07) is 15.7. The first-order valence-corrected chi connectivity index (χ1v) is 6.66. The highest BCUT2D eigenvalue weighted by Crippen LogP contribution is 2.21. The Balaban J connectivity index is 2.07. The van der Waals surface area contributed by atoms with Crippen molar-refractivity contribution in [3.63, 3.8) is 0 Å². The van der Waals surface area contributed by atoms with Gasteiger partial charge in [-0.15, -0.1) is 0 Å². The summed E-state index contributed by atoms with van der Waals surface area (Å²) in [5.41, 5.74) is 4.03. The molecule has 0 heterocycles. The highest BCUT2D eigenvalue weighted by molar-refractivity contribution is 7.81. The first-order chi connectivity index (χ1) is 9.19. The number of carbonyl (C=O) groups excluding carboxylic acids is 1. The average molecular weight is 272 g/mol. The van der Waals surface area contributed by atoms with E-state index in [1.807, 2.05) is 42.5 Å². The quantitative estimate of drug-likeness (QED) is 0.744. The maximum Gasteiger partial charge on any atom is 0.234 e. The predicted molar refractivity (Wildman–Crippen MR) is 83.4 cm³/mol. The van der Waals surface area contributed by atoms with Crippen LogP contribution in [0.25, 0.3) is 0 Å². The Labute approximate surface area is 118 Å². The second kappa shape index (κ2) is 6.29. The Kier molecular flexibility index (Phi) is 4.47. The molecule has 2 aromatic carbocycles. The van der Waals surface area contributed by atoms with Gasteiger partial charge in [0.15, 0.2) is 0 Å². The van der Waals surface area contributed by atoms with Crippen LogP contribution in [0.3, 0.4) is 0 Å². The minimum Gasteiger partial charge on any atom is -0.355 e. The second-order valence-electron chi connectivity index (χ2n) is 4.22. The summed E-state index contributed by atoms with van der Waals surface area (Å²) in [6.07, 6.45) is 0. The molecule has 0 saturated carbocycles. The van der Waals surface area contributed by atoms with E-state index >= 15 is 0 Å². The molecule has 0 atom stereocenters. The lowest BCUT2D eigenvalue weighted by Crippen LogP contribution is -2.12. The molecule has 3 nitrogen and oxygen atoms in total. The van der Waals surface area contributed by atoms with E-state index in [4.69, 9.17) is 0 Å². The van der Waals surface area contributed by atoms with Crippen molar-refractivity contribution in [2.75, 3.05) is 16.4 Å². The fourth-order valence-corrected chi connectivity index (χ4v) is 1.79. The largest absolute Gasteiger partial charge is 0.355 e. The number of benzene rings is 2. The minimum atomic E-state index is -0.108. The summed E-state index contributed by atoms with van der Waals surface area (Å²) in [6.45, 7) is 2.06. The summed E-state index contributed by atoms with van der Waals surface area (Å²) >= 11 is 3.92. The van der Waals surface area contributed by atoms with Crippen LogP contribution < -0.4 is 10.6 Å². The van der Waals surface area contributed by atoms with Gasteiger partial charge in [-0.25, -0.2) is 0 Å². The molecule has 0 radical (unpaired) electrons. The zero-order chi connectivity index (χ0) is 13.7. The summed E-state index contributed by atoms with van der Waals surface area (Å²) in [5, 5.41) is 6.09. The van der Waals surface area contributed by atoms with Crippen molar-refractivity contribution in [2.24, 2.45) is 0 Å². The van der Waals surface area contributed by atoms with Crippen molar-refractivity contribution in [3.8, 4) is 0 Å². The molecule has 0 aliphatic carbocycles. The molecule has 0 spiro atoms. The third-order valence-electron chi connectivity index (χ3n) is 2.74. The number of amides is 1. The number of para-hydroxylation sites is 1.